The molecule has 0 aliphatic rings. The first kappa shape index (κ1) is 17.8. The Morgan fingerprint density at radius 2 is 1.39 bits per heavy atom. The van der Waals surface area contributed by atoms with E-state index in [2.05, 4.69) is 0 Å². The molecule has 0 N–H and O–H groups in total. The SMILES string of the molecule is Cc1cc(OC(=O)c2ccccc2)c2ccccc2c1OCc1ccccc1. The second-order valence-corrected chi connectivity index (χ2v) is 6.60. The molecule has 0 radical (unpaired) electrons. The van der Waals surface area contributed by atoms with E-state index in [0.717, 1.165) is 27.6 Å². The number of ether oxygens (including phenoxy) is 2. The van der Waals surface area contributed by atoms with Crippen LogP contribution in [0.2, 0.25) is 0 Å². The second-order valence-electron chi connectivity index (χ2n) is 6.60. The average molecular weight is 368 g/mol. The zero-order chi connectivity index (χ0) is 19.3. The average Bonchev–Trinajstić information content (AvgIpc) is 2.75. The summed E-state index contributed by atoms with van der Waals surface area (Å²) in [4.78, 5) is 12.5. The number of aryl methyl sites for hydroxylation is 1. The molecule has 0 fully saturated rings. The molecule has 3 heteroatoms. The molecular formula is C25H20O3. The highest BCUT2D eigenvalue weighted by atomic mass is 16.5. The van der Waals surface area contributed by atoms with Gasteiger partial charge >= 0.3 is 5.97 Å². The zero-order valence-electron chi connectivity index (χ0n) is 15.6. The van der Waals surface area contributed by atoms with Crippen LogP contribution >= 0.6 is 0 Å². The number of hydrogen-bond acceptors (Lipinski definition) is 3. The van der Waals surface area contributed by atoms with Crippen LogP contribution in [-0.2, 0) is 6.61 Å². The van der Waals surface area contributed by atoms with Gasteiger partial charge in [-0.05, 0) is 36.2 Å². The Morgan fingerprint density at radius 1 is 0.786 bits per heavy atom. The van der Waals surface area contributed by atoms with Crippen molar-refractivity contribution in [2.24, 2.45) is 0 Å². The Morgan fingerprint density at radius 3 is 2.11 bits per heavy atom. The molecule has 4 aromatic rings. The summed E-state index contributed by atoms with van der Waals surface area (Å²) >= 11 is 0. The zero-order valence-corrected chi connectivity index (χ0v) is 15.6. The lowest BCUT2D eigenvalue weighted by molar-refractivity contribution is 0.0737. The molecule has 4 rings (SSSR count). The van der Waals surface area contributed by atoms with Gasteiger partial charge < -0.3 is 9.47 Å². The Hall–Kier alpha value is -3.59. The summed E-state index contributed by atoms with van der Waals surface area (Å²) in [6.07, 6.45) is 0. The van der Waals surface area contributed by atoms with Gasteiger partial charge in [-0.15, -0.1) is 0 Å². The number of carbonyl (C=O) groups is 1. The van der Waals surface area contributed by atoms with Crippen LogP contribution in [0.5, 0.6) is 11.5 Å². The topological polar surface area (TPSA) is 35.5 Å². The van der Waals surface area contributed by atoms with Crippen molar-refractivity contribution in [1.82, 2.24) is 0 Å². The van der Waals surface area contributed by atoms with E-state index in [9.17, 15) is 4.79 Å². The van der Waals surface area contributed by atoms with Gasteiger partial charge in [-0.1, -0.05) is 72.8 Å². The fourth-order valence-corrected chi connectivity index (χ4v) is 3.19. The van der Waals surface area contributed by atoms with Crippen molar-refractivity contribution in [2.75, 3.05) is 0 Å². The number of carbonyl (C=O) groups excluding carboxylic acids is 1. The monoisotopic (exact) mass is 368 g/mol. The Balaban J connectivity index is 1.67. The largest absolute Gasteiger partial charge is 0.488 e. The lowest BCUT2D eigenvalue weighted by Gasteiger charge is -2.15. The minimum absolute atomic E-state index is 0.372. The first-order valence-corrected chi connectivity index (χ1v) is 9.18. The standard InChI is InChI=1S/C25H20O3/c1-18-16-23(28-25(26)20-12-6-3-7-13-20)21-14-8-9-15-22(21)24(18)27-17-19-10-4-2-5-11-19/h2-16H,17H2,1H3. The van der Waals surface area contributed by atoms with E-state index < -0.39 is 0 Å². The van der Waals surface area contributed by atoms with E-state index >= 15 is 0 Å². The third-order valence-electron chi connectivity index (χ3n) is 4.58. The quantitative estimate of drug-likeness (QED) is 0.323. The predicted molar refractivity (Wildman–Crippen MR) is 111 cm³/mol. The Labute approximate surface area is 164 Å². The van der Waals surface area contributed by atoms with Crippen LogP contribution in [0.4, 0.5) is 0 Å². The van der Waals surface area contributed by atoms with Crippen molar-refractivity contribution in [3.63, 3.8) is 0 Å². The lowest BCUT2D eigenvalue weighted by Crippen LogP contribution is -2.09. The summed E-state index contributed by atoms with van der Waals surface area (Å²) in [6, 6.07) is 28.7. The van der Waals surface area contributed by atoms with Crippen LogP contribution in [0.25, 0.3) is 10.8 Å². The van der Waals surface area contributed by atoms with Crippen LogP contribution in [-0.4, -0.2) is 5.97 Å². The molecule has 0 saturated heterocycles. The van der Waals surface area contributed by atoms with E-state index in [1.54, 1.807) is 12.1 Å². The first-order valence-electron chi connectivity index (χ1n) is 9.18. The van der Waals surface area contributed by atoms with Crippen molar-refractivity contribution >= 4 is 16.7 Å². The summed E-state index contributed by atoms with van der Waals surface area (Å²) in [5.74, 6) is 0.969. The van der Waals surface area contributed by atoms with Crippen molar-refractivity contribution in [1.29, 1.82) is 0 Å². The van der Waals surface area contributed by atoms with E-state index in [0.29, 0.717) is 17.9 Å². The predicted octanol–water partition coefficient (Wildman–Crippen LogP) is 5.95. The minimum Gasteiger partial charge on any atom is -0.488 e. The van der Waals surface area contributed by atoms with Crippen molar-refractivity contribution < 1.29 is 14.3 Å². The Kier molecular flexibility index (Phi) is 5.07. The molecule has 4 aromatic carbocycles. The van der Waals surface area contributed by atoms with Gasteiger partial charge in [-0.3, -0.25) is 0 Å². The van der Waals surface area contributed by atoms with Crippen LogP contribution < -0.4 is 9.47 Å². The molecule has 0 saturated carbocycles. The van der Waals surface area contributed by atoms with Crippen LogP contribution in [0.3, 0.4) is 0 Å². The maximum atomic E-state index is 12.5. The molecule has 0 unspecified atom stereocenters. The first-order chi connectivity index (χ1) is 13.7. The van der Waals surface area contributed by atoms with Gasteiger partial charge in [0.25, 0.3) is 0 Å². The smallest absolute Gasteiger partial charge is 0.343 e. The summed E-state index contributed by atoms with van der Waals surface area (Å²) in [7, 11) is 0. The number of esters is 1. The van der Waals surface area contributed by atoms with Crippen LogP contribution in [0.15, 0.2) is 91.0 Å². The van der Waals surface area contributed by atoms with Gasteiger partial charge in [0, 0.05) is 10.8 Å². The maximum absolute atomic E-state index is 12.5. The summed E-state index contributed by atoms with van der Waals surface area (Å²) < 4.78 is 11.9. The molecule has 0 heterocycles. The molecule has 0 aromatic heterocycles. The number of hydrogen-bond donors (Lipinski definition) is 0. The summed E-state index contributed by atoms with van der Waals surface area (Å²) in [5.41, 5.74) is 2.55. The van der Waals surface area contributed by atoms with E-state index in [4.69, 9.17) is 9.47 Å². The molecule has 0 bridgehead atoms. The number of rotatable bonds is 5. The van der Waals surface area contributed by atoms with Crippen molar-refractivity contribution in [2.45, 2.75) is 13.5 Å². The van der Waals surface area contributed by atoms with E-state index in [-0.39, 0.29) is 5.97 Å². The molecule has 0 amide bonds. The normalized spacial score (nSPS) is 10.6. The maximum Gasteiger partial charge on any atom is 0.343 e. The van der Waals surface area contributed by atoms with Crippen LogP contribution in [0, 0.1) is 6.92 Å². The molecule has 3 nitrogen and oxygen atoms in total. The highest BCUT2D eigenvalue weighted by Gasteiger charge is 2.15. The fourth-order valence-electron chi connectivity index (χ4n) is 3.19. The van der Waals surface area contributed by atoms with Gasteiger partial charge in [0.05, 0.1) is 5.56 Å². The molecule has 0 aliphatic carbocycles. The summed E-state index contributed by atoms with van der Waals surface area (Å²) in [6.45, 7) is 2.45. The van der Waals surface area contributed by atoms with E-state index in [1.807, 2.05) is 85.8 Å². The molecule has 0 spiro atoms. The van der Waals surface area contributed by atoms with Gasteiger partial charge in [0.2, 0.25) is 0 Å². The summed E-state index contributed by atoms with van der Waals surface area (Å²) in [5, 5.41) is 1.77. The molecule has 138 valence electrons. The minimum atomic E-state index is -0.372. The second kappa shape index (κ2) is 7.97. The highest BCUT2D eigenvalue weighted by molar-refractivity contribution is 5.98. The van der Waals surface area contributed by atoms with Crippen molar-refractivity contribution in [3.05, 3.63) is 108 Å². The third-order valence-corrected chi connectivity index (χ3v) is 4.58. The van der Waals surface area contributed by atoms with Gasteiger partial charge in [0.15, 0.2) is 0 Å². The molecule has 0 aliphatic heterocycles. The molecular weight excluding hydrogens is 348 g/mol. The van der Waals surface area contributed by atoms with Gasteiger partial charge in [0.1, 0.15) is 18.1 Å². The van der Waals surface area contributed by atoms with Gasteiger partial charge in [-0.25, -0.2) is 4.79 Å². The van der Waals surface area contributed by atoms with Gasteiger partial charge in [-0.2, -0.15) is 0 Å². The van der Waals surface area contributed by atoms with Crippen molar-refractivity contribution in [3.8, 4) is 11.5 Å². The number of benzene rings is 4. The fraction of sp³-hybridized carbons (Fsp3) is 0.0800. The molecule has 28 heavy (non-hydrogen) atoms. The lowest BCUT2D eigenvalue weighted by atomic mass is 10.0. The Bertz CT molecular complexity index is 1100. The third kappa shape index (κ3) is 3.74. The van der Waals surface area contributed by atoms with Crippen LogP contribution in [0.1, 0.15) is 21.5 Å². The highest BCUT2D eigenvalue weighted by Crippen LogP contribution is 2.37. The van der Waals surface area contributed by atoms with E-state index in [1.165, 1.54) is 0 Å². The number of fused-ring (bicyclic) bond motifs is 1. The molecule has 0 atom stereocenters.